The quantitative estimate of drug-likeness (QED) is 0.498. The minimum absolute atomic E-state index is 0.0773. The smallest absolute Gasteiger partial charge is 0.408 e. The Labute approximate surface area is 206 Å². The molecule has 0 saturated carbocycles. The van der Waals surface area contributed by atoms with Crippen molar-refractivity contribution in [2.45, 2.75) is 18.1 Å². The van der Waals surface area contributed by atoms with Crippen LogP contribution in [0.25, 0.3) is 11.1 Å². The number of ether oxygens (including phenoxy) is 2. The van der Waals surface area contributed by atoms with Gasteiger partial charge < -0.3 is 24.8 Å². The number of hydrogen-bond donors (Lipinski definition) is 2. The molecule has 0 bridgehead atoms. The SMILES string of the molecule is O=C(O)COC1CN(C(=O)C(NC(=O)OCC2c3ccccc3-c3ccccc32)c2cccs2)C1. The summed E-state index contributed by atoms with van der Waals surface area (Å²) >= 11 is 1.37. The molecule has 1 fully saturated rings. The fraction of sp³-hybridized carbons (Fsp3) is 0.269. The van der Waals surface area contributed by atoms with E-state index in [1.54, 1.807) is 11.0 Å². The largest absolute Gasteiger partial charge is 0.480 e. The van der Waals surface area contributed by atoms with Gasteiger partial charge in [0.2, 0.25) is 0 Å². The molecule has 1 atom stereocenters. The van der Waals surface area contributed by atoms with Crippen LogP contribution in [-0.4, -0.2) is 60.4 Å². The lowest BCUT2D eigenvalue weighted by Crippen LogP contribution is -2.57. The molecule has 9 heteroatoms. The van der Waals surface area contributed by atoms with Gasteiger partial charge in [-0.05, 0) is 33.7 Å². The van der Waals surface area contributed by atoms with Crippen LogP contribution in [0, 0.1) is 0 Å². The summed E-state index contributed by atoms with van der Waals surface area (Å²) in [6, 6.07) is 18.9. The van der Waals surface area contributed by atoms with Crippen molar-refractivity contribution in [1.82, 2.24) is 10.2 Å². The number of hydrogen-bond acceptors (Lipinski definition) is 6. The molecule has 2 amide bonds. The number of nitrogens with zero attached hydrogens (tertiary/aromatic N) is 1. The Kier molecular flexibility index (Phi) is 6.52. The van der Waals surface area contributed by atoms with Crippen LogP contribution in [0.4, 0.5) is 4.79 Å². The molecule has 0 radical (unpaired) electrons. The van der Waals surface area contributed by atoms with Crippen molar-refractivity contribution in [1.29, 1.82) is 0 Å². The molecule has 2 aliphatic rings. The summed E-state index contributed by atoms with van der Waals surface area (Å²) in [6.07, 6.45) is -0.994. The van der Waals surface area contributed by atoms with Crippen LogP contribution in [0.15, 0.2) is 66.0 Å². The number of carbonyl (C=O) groups excluding carboxylic acids is 2. The van der Waals surface area contributed by atoms with Crippen LogP contribution in [0.3, 0.4) is 0 Å². The summed E-state index contributed by atoms with van der Waals surface area (Å²) in [5.41, 5.74) is 4.50. The number of amides is 2. The van der Waals surface area contributed by atoms with E-state index in [0.717, 1.165) is 22.3 Å². The highest BCUT2D eigenvalue weighted by Gasteiger charge is 2.37. The van der Waals surface area contributed by atoms with Crippen molar-refractivity contribution in [3.05, 3.63) is 82.0 Å². The zero-order chi connectivity index (χ0) is 24.4. The normalized spacial score (nSPS) is 15.6. The van der Waals surface area contributed by atoms with E-state index in [0.29, 0.717) is 4.88 Å². The van der Waals surface area contributed by atoms with Crippen LogP contribution >= 0.6 is 11.3 Å². The van der Waals surface area contributed by atoms with Crippen molar-refractivity contribution in [2.24, 2.45) is 0 Å². The Morgan fingerprint density at radius 3 is 2.26 bits per heavy atom. The van der Waals surface area contributed by atoms with Gasteiger partial charge in [0, 0.05) is 23.9 Å². The molecule has 2 heterocycles. The molecule has 0 spiro atoms. The molecule has 8 nitrogen and oxygen atoms in total. The second-order valence-electron chi connectivity index (χ2n) is 8.49. The third kappa shape index (κ3) is 4.78. The molecular weight excluding hydrogens is 468 g/mol. The first-order chi connectivity index (χ1) is 17.0. The third-order valence-electron chi connectivity index (χ3n) is 6.28. The fourth-order valence-corrected chi connectivity index (χ4v) is 5.33. The molecule has 3 aromatic rings. The minimum atomic E-state index is -1.05. The van der Waals surface area contributed by atoms with E-state index in [1.807, 2.05) is 47.8 Å². The van der Waals surface area contributed by atoms with Crippen molar-refractivity contribution in [3.8, 4) is 11.1 Å². The zero-order valence-corrected chi connectivity index (χ0v) is 19.6. The van der Waals surface area contributed by atoms with Crippen LogP contribution < -0.4 is 5.32 Å². The summed E-state index contributed by atoms with van der Waals surface area (Å²) in [5, 5.41) is 13.3. The molecule has 180 valence electrons. The molecule has 2 N–H and O–H groups in total. The number of fused-ring (bicyclic) bond motifs is 3. The number of thiophene rings is 1. The second kappa shape index (κ2) is 9.89. The average Bonchev–Trinajstić information content (AvgIpc) is 3.47. The van der Waals surface area contributed by atoms with Crippen LogP contribution in [-0.2, 0) is 19.1 Å². The van der Waals surface area contributed by atoms with E-state index in [2.05, 4.69) is 17.4 Å². The first-order valence-corrected chi connectivity index (χ1v) is 12.2. The highest BCUT2D eigenvalue weighted by atomic mass is 32.1. The van der Waals surface area contributed by atoms with E-state index in [9.17, 15) is 14.4 Å². The highest BCUT2D eigenvalue weighted by molar-refractivity contribution is 7.10. The maximum atomic E-state index is 13.1. The van der Waals surface area contributed by atoms with E-state index >= 15 is 0 Å². The van der Waals surface area contributed by atoms with Crippen molar-refractivity contribution in [3.63, 3.8) is 0 Å². The van der Waals surface area contributed by atoms with E-state index in [4.69, 9.17) is 14.6 Å². The number of carboxylic acid groups (broad SMARTS) is 1. The number of aliphatic carboxylic acids is 1. The predicted molar refractivity (Wildman–Crippen MR) is 129 cm³/mol. The first kappa shape index (κ1) is 23.1. The molecule has 1 saturated heterocycles. The number of alkyl carbamates (subject to hydrolysis) is 1. The fourth-order valence-electron chi connectivity index (χ4n) is 4.56. The lowest BCUT2D eigenvalue weighted by molar-refractivity contribution is -0.155. The predicted octanol–water partition coefficient (Wildman–Crippen LogP) is 3.64. The van der Waals surface area contributed by atoms with Gasteiger partial charge >= 0.3 is 12.1 Å². The van der Waals surface area contributed by atoms with Crippen molar-refractivity contribution >= 4 is 29.3 Å². The number of benzene rings is 2. The molecule has 35 heavy (non-hydrogen) atoms. The first-order valence-electron chi connectivity index (χ1n) is 11.3. The van der Waals surface area contributed by atoms with Crippen LogP contribution in [0.5, 0.6) is 0 Å². The molecule has 1 unspecified atom stereocenters. The van der Waals surface area contributed by atoms with Gasteiger partial charge in [0.05, 0.1) is 6.10 Å². The van der Waals surface area contributed by atoms with Gasteiger partial charge in [-0.1, -0.05) is 54.6 Å². The molecule has 1 aliphatic carbocycles. The van der Waals surface area contributed by atoms with Gasteiger partial charge in [0.15, 0.2) is 0 Å². The summed E-state index contributed by atoms with van der Waals surface area (Å²) < 4.78 is 10.9. The van der Waals surface area contributed by atoms with Crippen molar-refractivity contribution < 1.29 is 29.0 Å². The summed E-state index contributed by atoms with van der Waals surface area (Å²) in [7, 11) is 0. The zero-order valence-electron chi connectivity index (χ0n) is 18.8. The molecule has 2 aromatic carbocycles. The number of likely N-dealkylation sites (tertiary alicyclic amines) is 1. The minimum Gasteiger partial charge on any atom is -0.480 e. The lowest BCUT2D eigenvalue weighted by Gasteiger charge is -2.40. The summed E-state index contributed by atoms with van der Waals surface area (Å²) in [6.45, 7) is 0.305. The Bertz CT molecular complexity index is 1190. The van der Waals surface area contributed by atoms with E-state index in [-0.39, 0.29) is 37.6 Å². The Balaban J connectivity index is 1.23. The highest BCUT2D eigenvalue weighted by Crippen LogP contribution is 2.44. The molecular formula is C26H24N2O6S. The summed E-state index contributed by atoms with van der Waals surface area (Å²) in [4.78, 5) is 38.8. The Hall–Kier alpha value is -3.69. The van der Waals surface area contributed by atoms with Gasteiger partial charge in [-0.15, -0.1) is 11.3 Å². The van der Waals surface area contributed by atoms with Gasteiger partial charge in [0.25, 0.3) is 5.91 Å². The number of rotatable bonds is 8. The maximum Gasteiger partial charge on any atom is 0.408 e. The monoisotopic (exact) mass is 492 g/mol. The van der Waals surface area contributed by atoms with Gasteiger partial charge in [-0.25, -0.2) is 9.59 Å². The van der Waals surface area contributed by atoms with E-state index in [1.165, 1.54) is 11.3 Å². The number of carboxylic acids is 1. The number of carbonyl (C=O) groups is 3. The Morgan fingerprint density at radius 1 is 1.00 bits per heavy atom. The van der Waals surface area contributed by atoms with Crippen LogP contribution in [0.2, 0.25) is 0 Å². The van der Waals surface area contributed by atoms with E-state index < -0.39 is 24.7 Å². The molecule has 1 aromatic heterocycles. The van der Waals surface area contributed by atoms with Gasteiger partial charge in [-0.2, -0.15) is 0 Å². The third-order valence-corrected chi connectivity index (χ3v) is 7.22. The Morgan fingerprint density at radius 2 is 1.66 bits per heavy atom. The van der Waals surface area contributed by atoms with Crippen molar-refractivity contribution in [2.75, 3.05) is 26.3 Å². The van der Waals surface area contributed by atoms with Crippen LogP contribution in [0.1, 0.15) is 28.0 Å². The molecule has 1 aliphatic heterocycles. The maximum absolute atomic E-state index is 13.1. The summed E-state index contributed by atoms with van der Waals surface area (Å²) in [5.74, 6) is -1.41. The van der Waals surface area contributed by atoms with Gasteiger partial charge in [0.1, 0.15) is 19.3 Å². The topological polar surface area (TPSA) is 105 Å². The second-order valence-corrected chi connectivity index (χ2v) is 9.47. The number of nitrogens with one attached hydrogen (secondary N) is 1. The standard InChI is InChI=1S/C26H24N2O6S/c29-23(30)15-33-16-12-28(13-16)25(31)24(22-10-5-11-35-22)27-26(32)34-14-21-19-8-3-1-6-17(19)18-7-2-4-9-20(18)21/h1-11,16,21,24H,12-15H2,(H,27,32)(H,29,30). The average molecular weight is 493 g/mol. The lowest BCUT2D eigenvalue weighted by atomic mass is 9.98. The van der Waals surface area contributed by atoms with Gasteiger partial charge in [-0.3, -0.25) is 4.79 Å². The molecule has 5 rings (SSSR count).